The van der Waals surface area contributed by atoms with Gasteiger partial charge in [0, 0.05) is 23.3 Å². The Morgan fingerprint density at radius 2 is 2.10 bits per heavy atom. The second kappa shape index (κ2) is 4.63. The van der Waals surface area contributed by atoms with Crippen LogP contribution >= 0.6 is 0 Å². The predicted octanol–water partition coefficient (Wildman–Crippen LogP) is 3.44. The summed E-state index contributed by atoms with van der Waals surface area (Å²) in [5, 5.41) is 0. The lowest BCUT2D eigenvalue weighted by molar-refractivity contribution is 0.312. The molecule has 108 valence electrons. The molecule has 2 N–H and O–H groups in total. The van der Waals surface area contributed by atoms with Crippen LogP contribution in [0.2, 0.25) is 0 Å². The standard InChI is InChI=1S/C18H19FN2/c19-14-6-7-15-13(11-14)8-9-18(15,20)16-5-1-3-12-4-2-10-21-17(12)16/h2,4,6-7,10-11,16H,1,3,5,8-9,20H2. The van der Waals surface area contributed by atoms with Crippen LogP contribution in [-0.2, 0) is 18.4 Å². The smallest absolute Gasteiger partial charge is 0.123 e. The molecule has 2 atom stereocenters. The van der Waals surface area contributed by atoms with Gasteiger partial charge in [0.05, 0.1) is 0 Å². The van der Waals surface area contributed by atoms with Gasteiger partial charge in [-0.3, -0.25) is 4.98 Å². The minimum Gasteiger partial charge on any atom is -0.321 e. The Balaban J connectivity index is 1.82. The normalized spacial score (nSPS) is 27.2. The van der Waals surface area contributed by atoms with Crippen LogP contribution in [0.15, 0.2) is 36.5 Å². The molecule has 1 aromatic heterocycles. The third-order valence-electron chi connectivity index (χ3n) is 5.19. The number of nitrogens with two attached hydrogens (primary N) is 1. The first-order valence-corrected chi connectivity index (χ1v) is 7.70. The fraction of sp³-hybridized carbons (Fsp3) is 0.389. The van der Waals surface area contributed by atoms with Crippen LogP contribution in [0, 0.1) is 5.82 Å². The number of aromatic nitrogens is 1. The van der Waals surface area contributed by atoms with Gasteiger partial charge in [-0.15, -0.1) is 0 Å². The van der Waals surface area contributed by atoms with Crippen LogP contribution in [0.3, 0.4) is 0 Å². The van der Waals surface area contributed by atoms with Crippen LogP contribution in [-0.4, -0.2) is 4.98 Å². The van der Waals surface area contributed by atoms with Gasteiger partial charge in [0.1, 0.15) is 5.82 Å². The Morgan fingerprint density at radius 1 is 1.19 bits per heavy atom. The number of rotatable bonds is 1. The van der Waals surface area contributed by atoms with Crippen molar-refractivity contribution in [3.05, 3.63) is 64.7 Å². The summed E-state index contributed by atoms with van der Waals surface area (Å²) in [7, 11) is 0. The molecule has 0 saturated heterocycles. The molecular formula is C18H19FN2. The number of nitrogens with zero attached hydrogens (tertiary/aromatic N) is 1. The minimum atomic E-state index is -0.396. The summed E-state index contributed by atoms with van der Waals surface area (Å²) < 4.78 is 13.4. The Labute approximate surface area is 124 Å². The summed E-state index contributed by atoms with van der Waals surface area (Å²) in [5.74, 6) is 0.0781. The lowest BCUT2D eigenvalue weighted by atomic mass is 9.71. The van der Waals surface area contributed by atoms with E-state index >= 15 is 0 Å². The van der Waals surface area contributed by atoms with Gasteiger partial charge in [0.2, 0.25) is 0 Å². The van der Waals surface area contributed by atoms with Crippen LogP contribution in [0.4, 0.5) is 4.39 Å². The third-order valence-corrected chi connectivity index (χ3v) is 5.19. The maximum Gasteiger partial charge on any atom is 0.123 e. The van der Waals surface area contributed by atoms with Crippen molar-refractivity contribution in [3.8, 4) is 0 Å². The summed E-state index contributed by atoms with van der Waals surface area (Å²) in [6.45, 7) is 0. The highest BCUT2D eigenvalue weighted by Crippen LogP contribution is 2.48. The Hall–Kier alpha value is -1.74. The summed E-state index contributed by atoms with van der Waals surface area (Å²) >= 11 is 0. The summed E-state index contributed by atoms with van der Waals surface area (Å²) in [5.41, 5.74) is 11.1. The molecule has 2 aromatic rings. The number of hydrogen-bond acceptors (Lipinski definition) is 2. The number of halogens is 1. The molecule has 2 aliphatic rings. The van der Waals surface area contributed by atoms with E-state index in [0.717, 1.165) is 48.9 Å². The van der Waals surface area contributed by atoms with Gasteiger partial charge in [-0.2, -0.15) is 0 Å². The largest absolute Gasteiger partial charge is 0.321 e. The summed E-state index contributed by atoms with van der Waals surface area (Å²) in [4.78, 5) is 4.63. The van der Waals surface area contributed by atoms with E-state index in [4.69, 9.17) is 5.73 Å². The number of pyridine rings is 1. The highest BCUT2D eigenvalue weighted by atomic mass is 19.1. The summed E-state index contributed by atoms with van der Waals surface area (Å²) in [6, 6.07) is 9.23. The fourth-order valence-corrected chi connectivity index (χ4v) is 4.17. The van der Waals surface area contributed by atoms with Crippen LogP contribution < -0.4 is 5.73 Å². The topological polar surface area (TPSA) is 38.9 Å². The Morgan fingerprint density at radius 3 is 3.00 bits per heavy atom. The molecule has 1 aromatic carbocycles. The van der Waals surface area contributed by atoms with Crippen molar-refractivity contribution in [1.82, 2.24) is 4.98 Å². The second-order valence-electron chi connectivity index (χ2n) is 6.33. The van der Waals surface area contributed by atoms with Gasteiger partial charge in [-0.05, 0) is 67.0 Å². The number of benzene rings is 1. The molecular weight excluding hydrogens is 263 g/mol. The van der Waals surface area contributed by atoms with E-state index in [2.05, 4.69) is 11.1 Å². The average molecular weight is 282 g/mol. The van der Waals surface area contributed by atoms with Gasteiger partial charge in [0.15, 0.2) is 0 Å². The molecule has 4 rings (SSSR count). The fourth-order valence-electron chi connectivity index (χ4n) is 4.17. The first-order chi connectivity index (χ1) is 10.2. The predicted molar refractivity (Wildman–Crippen MR) is 80.5 cm³/mol. The van der Waals surface area contributed by atoms with Gasteiger partial charge in [-0.25, -0.2) is 4.39 Å². The molecule has 3 heteroatoms. The molecule has 0 bridgehead atoms. The highest BCUT2D eigenvalue weighted by Gasteiger charge is 2.44. The minimum absolute atomic E-state index is 0.167. The number of aryl methyl sites for hydroxylation is 2. The molecule has 0 spiro atoms. The first kappa shape index (κ1) is 13.0. The van der Waals surface area contributed by atoms with Crippen molar-refractivity contribution in [2.75, 3.05) is 0 Å². The van der Waals surface area contributed by atoms with Crippen molar-refractivity contribution in [1.29, 1.82) is 0 Å². The average Bonchev–Trinajstić information content (AvgIpc) is 2.84. The Bertz CT molecular complexity index is 697. The lowest BCUT2D eigenvalue weighted by Gasteiger charge is -2.38. The van der Waals surface area contributed by atoms with Gasteiger partial charge in [-0.1, -0.05) is 12.1 Å². The quantitative estimate of drug-likeness (QED) is 0.870. The number of fused-ring (bicyclic) bond motifs is 2. The number of hydrogen-bond donors (Lipinski definition) is 1. The molecule has 0 radical (unpaired) electrons. The van der Waals surface area contributed by atoms with E-state index in [1.165, 1.54) is 11.6 Å². The van der Waals surface area contributed by atoms with E-state index in [1.54, 1.807) is 6.07 Å². The van der Waals surface area contributed by atoms with E-state index < -0.39 is 5.54 Å². The van der Waals surface area contributed by atoms with Crippen molar-refractivity contribution >= 4 is 0 Å². The molecule has 0 aliphatic heterocycles. The van der Waals surface area contributed by atoms with E-state index in [-0.39, 0.29) is 11.7 Å². The van der Waals surface area contributed by atoms with Crippen molar-refractivity contribution < 1.29 is 4.39 Å². The maximum atomic E-state index is 13.4. The lowest BCUT2D eigenvalue weighted by Crippen LogP contribution is -2.42. The van der Waals surface area contributed by atoms with Crippen molar-refractivity contribution in [2.24, 2.45) is 5.73 Å². The van der Waals surface area contributed by atoms with E-state index in [9.17, 15) is 4.39 Å². The van der Waals surface area contributed by atoms with E-state index in [0.29, 0.717) is 0 Å². The SMILES string of the molecule is NC1(C2CCCc3cccnc32)CCc2cc(F)ccc21. The van der Waals surface area contributed by atoms with Crippen molar-refractivity contribution in [3.63, 3.8) is 0 Å². The highest BCUT2D eigenvalue weighted by molar-refractivity contribution is 5.43. The maximum absolute atomic E-state index is 13.4. The van der Waals surface area contributed by atoms with Crippen molar-refractivity contribution in [2.45, 2.75) is 43.6 Å². The molecule has 2 nitrogen and oxygen atoms in total. The molecule has 21 heavy (non-hydrogen) atoms. The zero-order valence-corrected chi connectivity index (χ0v) is 12.0. The van der Waals surface area contributed by atoms with Gasteiger partial charge < -0.3 is 5.73 Å². The van der Waals surface area contributed by atoms with Crippen LogP contribution in [0.1, 0.15) is 47.6 Å². The molecule has 0 saturated carbocycles. The zero-order chi connectivity index (χ0) is 14.4. The van der Waals surface area contributed by atoms with Crippen LogP contribution in [0.5, 0.6) is 0 Å². The molecule has 2 unspecified atom stereocenters. The third kappa shape index (κ3) is 1.91. The zero-order valence-electron chi connectivity index (χ0n) is 12.0. The van der Waals surface area contributed by atoms with Crippen LogP contribution in [0.25, 0.3) is 0 Å². The molecule has 2 aliphatic carbocycles. The Kier molecular flexibility index (Phi) is 2.86. The first-order valence-electron chi connectivity index (χ1n) is 7.70. The van der Waals surface area contributed by atoms with E-state index in [1.807, 2.05) is 18.3 Å². The van der Waals surface area contributed by atoms with Gasteiger partial charge >= 0.3 is 0 Å². The second-order valence-corrected chi connectivity index (χ2v) is 6.33. The monoisotopic (exact) mass is 282 g/mol. The molecule has 1 heterocycles. The molecule has 0 fully saturated rings. The summed E-state index contributed by atoms with van der Waals surface area (Å²) in [6.07, 6.45) is 6.91. The van der Waals surface area contributed by atoms with Gasteiger partial charge in [0.25, 0.3) is 0 Å². The molecule has 0 amide bonds.